The van der Waals surface area contributed by atoms with Crippen molar-refractivity contribution in [2.24, 2.45) is 5.92 Å². The second-order valence-corrected chi connectivity index (χ2v) is 9.45. The molecule has 2 aromatic heterocycles. The van der Waals surface area contributed by atoms with Crippen LogP contribution in [0.1, 0.15) is 42.4 Å². The van der Waals surface area contributed by atoms with Crippen LogP contribution in [0.3, 0.4) is 0 Å². The lowest BCUT2D eigenvalue weighted by Gasteiger charge is -2.26. The molecule has 23 heavy (non-hydrogen) atoms. The molecule has 3 rings (SSSR count). The van der Waals surface area contributed by atoms with E-state index in [-0.39, 0.29) is 6.04 Å². The Hall–Kier alpha value is -1.18. The molecular formula is C16H22N2O3S2. The Kier molecular flexibility index (Phi) is 4.62. The maximum Gasteiger partial charge on any atom is 0.242 e. The molecular weight excluding hydrogens is 332 g/mol. The molecule has 0 saturated heterocycles. The summed E-state index contributed by atoms with van der Waals surface area (Å²) in [6.45, 7) is 5.98. The predicted molar refractivity (Wildman–Crippen MR) is 91.0 cm³/mol. The Morgan fingerprint density at radius 1 is 1.22 bits per heavy atom. The molecule has 0 aliphatic heterocycles. The van der Waals surface area contributed by atoms with Crippen LogP contribution in [0.15, 0.2) is 21.7 Å². The Morgan fingerprint density at radius 3 is 2.52 bits per heavy atom. The van der Waals surface area contributed by atoms with E-state index in [0.717, 1.165) is 35.4 Å². The number of thiophene rings is 1. The fourth-order valence-corrected chi connectivity index (χ4v) is 6.44. The fourth-order valence-electron chi connectivity index (χ4n) is 3.27. The van der Waals surface area contributed by atoms with Gasteiger partial charge in [-0.15, -0.1) is 11.3 Å². The highest BCUT2D eigenvalue weighted by Gasteiger charge is 2.30. The van der Waals surface area contributed by atoms with E-state index in [1.165, 1.54) is 17.5 Å². The van der Waals surface area contributed by atoms with Crippen LogP contribution in [0.2, 0.25) is 0 Å². The van der Waals surface area contributed by atoms with Gasteiger partial charge >= 0.3 is 0 Å². The van der Waals surface area contributed by atoms with Crippen molar-refractivity contribution in [2.75, 3.05) is 0 Å². The molecule has 0 aromatic carbocycles. The van der Waals surface area contributed by atoms with Crippen molar-refractivity contribution < 1.29 is 12.9 Å². The summed E-state index contributed by atoms with van der Waals surface area (Å²) in [5.74, 6) is 1.19. The highest BCUT2D eigenvalue weighted by Crippen LogP contribution is 2.39. The van der Waals surface area contributed by atoms with E-state index >= 15 is 0 Å². The summed E-state index contributed by atoms with van der Waals surface area (Å²) in [7, 11) is -3.57. The number of aromatic nitrogens is 1. The van der Waals surface area contributed by atoms with Crippen LogP contribution >= 0.6 is 11.3 Å². The first-order valence-electron chi connectivity index (χ1n) is 7.92. The van der Waals surface area contributed by atoms with Crippen molar-refractivity contribution in [3.8, 4) is 11.3 Å². The maximum absolute atomic E-state index is 13.0. The SMILES string of the molecule is Cc1sc(C)c(S(=O)(=O)NC2CCC(C)CC2)c1-c1ccno1. The quantitative estimate of drug-likeness (QED) is 0.904. The van der Waals surface area contributed by atoms with Crippen LogP contribution in [0.5, 0.6) is 0 Å². The highest BCUT2D eigenvalue weighted by molar-refractivity contribution is 7.89. The lowest BCUT2D eigenvalue weighted by Crippen LogP contribution is -2.37. The topological polar surface area (TPSA) is 72.2 Å². The van der Waals surface area contributed by atoms with Crippen LogP contribution in [0.4, 0.5) is 0 Å². The van der Waals surface area contributed by atoms with E-state index in [4.69, 9.17) is 4.52 Å². The van der Waals surface area contributed by atoms with Crippen LogP contribution < -0.4 is 4.72 Å². The van der Waals surface area contributed by atoms with Gasteiger partial charge in [0.15, 0.2) is 5.76 Å². The van der Waals surface area contributed by atoms with Crippen molar-refractivity contribution in [3.05, 3.63) is 22.0 Å². The Balaban J connectivity index is 1.94. The number of nitrogens with zero attached hydrogens (tertiary/aromatic N) is 1. The van der Waals surface area contributed by atoms with Crippen LogP contribution in [-0.2, 0) is 10.0 Å². The molecule has 126 valence electrons. The minimum Gasteiger partial charge on any atom is -0.356 e. The van der Waals surface area contributed by atoms with Gasteiger partial charge in [-0.3, -0.25) is 0 Å². The van der Waals surface area contributed by atoms with Crippen molar-refractivity contribution in [1.82, 2.24) is 9.88 Å². The van der Waals surface area contributed by atoms with E-state index in [0.29, 0.717) is 22.1 Å². The summed E-state index contributed by atoms with van der Waals surface area (Å²) in [6, 6.07) is 1.73. The molecule has 1 aliphatic rings. The third-order valence-electron chi connectivity index (χ3n) is 4.50. The van der Waals surface area contributed by atoms with Crippen molar-refractivity contribution >= 4 is 21.4 Å². The van der Waals surface area contributed by atoms with Gasteiger partial charge in [-0.25, -0.2) is 13.1 Å². The number of hydrogen-bond acceptors (Lipinski definition) is 5. The molecule has 5 nitrogen and oxygen atoms in total. The first-order chi connectivity index (χ1) is 10.9. The molecule has 2 heterocycles. The molecule has 0 amide bonds. The van der Waals surface area contributed by atoms with Crippen molar-refractivity contribution in [2.45, 2.75) is 57.4 Å². The number of nitrogens with one attached hydrogen (secondary N) is 1. The maximum atomic E-state index is 13.0. The van der Waals surface area contributed by atoms with Crippen LogP contribution in [0.25, 0.3) is 11.3 Å². The lowest BCUT2D eigenvalue weighted by atomic mass is 9.88. The van der Waals surface area contributed by atoms with Crippen molar-refractivity contribution in [1.29, 1.82) is 0 Å². The first-order valence-corrected chi connectivity index (χ1v) is 10.2. The van der Waals surface area contributed by atoms with E-state index < -0.39 is 10.0 Å². The normalized spacial score (nSPS) is 22.4. The van der Waals surface area contributed by atoms with Gasteiger partial charge in [-0.05, 0) is 45.4 Å². The van der Waals surface area contributed by atoms with Crippen molar-refractivity contribution in [3.63, 3.8) is 0 Å². The standard InChI is InChI=1S/C16H22N2O3S2/c1-10-4-6-13(7-5-10)18-23(19,20)16-12(3)22-11(2)15(16)14-8-9-17-21-14/h8-10,13,18H,4-7H2,1-3H3. The lowest BCUT2D eigenvalue weighted by molar-refractivity contribution is 0.332. The average Bonchev–Trinajstić information content (AvgIpc) is 3.08. The zero-order valence-corrected chi connectivity index (χ0v) is 15.3. The number of aryl methyl sites for hydroxylation is 2. The summed E-state index contributed by atoms with van der Waals surface area (Å²) in [5, 5.41) is 3.71. The molecule has 0 spiro atoms. The average molecular weight is 354 g/mol. The number of rotatable bonds is 4. The molecule has 1 N–H and O–H groups in total. The fraction of sp³-hybridized carbons (Fsp3) is 0.562. The summed E-state index contributed by atoms with van der Waals surface area (Å²) < 4.78 is 34.1. The largest absolute Gasteiger partial charge is 0.356 e. The van der Waals surface area contributed by atoms with E-state index in [9.17, 15) is 8.42 Å². The Morgan fingerprint density at radius 2 is 1.91 bits per heavy atom. The molecule has 1 aliphatic carbocycles. The minimum atomic E-state index is -3.57. The van der Waals surface area contributed by atoms with E-state index in [1.807, 2.05) is 13.8 Å². The monoisotopic (exact) mass is 354 g/mol. The number of hydrogen-bond donors (Lipinski definition) is 1. The van der Waals surface area contributed by atoms with E-state index in [1.54, 1.807) is 6.07 Å². The Bertz CT molecular complexity index is 771. The second kappa shape index (κ2) is 6.37. The Labute approximate surface area is 141 Å². The molecule has 2 aromatic rings. The van der Waals surface area contributed by atoms with Gasteiger partial charge in [-0.2, -0.15) is 0 Å². The molecule has 0 radical (unpaired) electrons. The summed E-state index contributed by atoms with van der Waals surface area (Å²) in [6.07, 6.45) is 5.49. The molecule has 1 fully saturated rings. The zero-order chi connectivity index (χ0) is 16.6. The van der Waals surface area contributed by atoms with Crippen LogP contribution in [-0.4, -0.2) is 19.6 Å². The molecule has 0 bridgehead atoms. The third kappa shape index (κ3) is 3.36. The van der Waals surface area contributed by atoms with E-state index in [2.05, 4.69) is 16.8 Å². The van der Waals surface area contributed by atoms with Crippen LogP contribution in [0, 0.1) is 19.8 Å². The molecule has 0 unspecified atom stereocenters. The molecule has 1 saturated carbocycles. The third-order valence-corrected chi connectivity index (χ3v) is 7.34. The molecule has 0 atom stereocenters. The van der Waals surface area contributed by atoms with Gasteiger partial charge < -0.3 is 4.52 Å². The smallest absolute Gasteiger partial charge is 0.242 e. The second-order valence-electron chi connectivity index (χ2n) is 6.37. The first kappa shape index (κ1) is 16.7. The highest BCUT2D eigenvalue weighted by atomic mass is 32.2. The summed E-state index contributed by atoms with van der Waals surface area (Å²) in [4.78, 5) is 2.05. The number of sulfonamides is 1. The molecule has 7 heteroatoms. The van der Waals surface area contributed by atoms with Gasteiger partial charge in [0.25, 0.3) is 0 Å². The predicted octanol–water partition coefficient (Wildman–Crippen LogP) is 3.88. The van der Waals surface area contributed by atoms with Gasteiger partial charge in [0, 0.05) is 21.9 Å². The van der Waals surface area contributed by atoms with Gasteiger partial charge in [-0.1, -0.05) is 12.1 Å². The van der Waals surface area contributed by atoms with Gasteiger partial charge in [0.2, 0.25) is 10.0 Å². The van der Waals surface area contributed by atoms with Gasteiger partial charge in [0.1, 0.15) is 4.90 Å². The summed E-state index contributed by atoms with van der Waals surface area (Å²) in [5.41, 5.74) is 0.640. The van der Waals surface area contributed by atoms with Gasteiger partial charge in [0.05, 0.1) is 11.8 Å². The minimum absolute atomic E-state index is 0.0263. The zero-order valence-electron chi connectivity index (χ0n) is 13.6. The summed E-state index contributed by atoms with van der Waals surface area (Å²) >= 11 is 1.48.